The third kappa shape index (κ3) is 4.87. The van der Waals surface area contributed by atoms with E-state index in [1.807, 2.05) is 24.3 Å². The van der Waals surface area contributed by atoms with Crippen molar-refractivity contribution in [2.24, 2.45) is 0 Å². The molecule has 114 valence electrons. The zero-order chi connectivity index (χ0) is 15.2. The summed E-state index contributed by atoms with van der Waals surface area (Å²) in [6.07, 6.45) is 1.12. The van der Waals surface area contributed by atoms with E-state index in [-0.39, 0.29) is 0 Å². The summed E-state index contributed by atoms with van der Waals surface area (Å²) in [7, 11) is 0. The van der Waals surface area contributed by atoms with Gasteiger partial charge in [-0.3, -0.25) is 0 Å². The molecule has 1 aromatic carbocycles. The first kappa shape index (κ1) is 16.6. The lowest BCUT2D eigenvalue weighted by Crippen LogP contribution is -2.13. The van der Waals surface area contributed by atoms with Gasteiger partial charge in [-0.25, -0.2) is 0 Å². The molecule has 0 bridgehead atoms. The monoisotopic (exact) mass is 415 g/mol. The van der Waals surface area contributed by atoms with E-state index in [9.17, 15) is 0 Å². The van der Waals surface area contributed by atoms with Crippen LogP contribution in [-0.4, -0.2) is 6.54 Å². The lowest BCUT2D eigenvalue weighted by molar-refractivity contribution is 0.263. The Labute approximate surface area is 142 Å². The van der Waals surface area contributed by atoms with Crippen LogP contribution in [-0.2, 0) is 13.2 Å². The number of rotatable bonds is 7. The fourth-order valence-electron chi connectivity index (χ4n) is 1.96. The van der Waals surface area contributed by atoms with Gasteiger partial charge in [0.1, 0.15) is 23.9 Å². The van der Waals surface area contributed by atoms with Crippen LogP contribution in [0, 0.1) is 6.92 Å². The van der Waals surface area contributed by atoms with Crippen molar-refractivity contribution in [3.8, 4) is 5.75 Å². The quantitative estimate of drug-likeness (QED) is 0.630. The molecule has 2 aromatic rings. The van der Waals surface area contributed by atoms with E-state index in [1.54, 1.807) is 0 Å². The fourth-order valence-corrected chi connectivity index (χ4v) is 3.12. The molecule has 0 saturated carbocycles. The molecule has 0 atom stereocenters. The Morgan fingerprint density at radius 1 is 1.24 bits per heavy atom. The summed E-state index contributed by atoms with van der Waals surface area (Å²) < 4.78 is 13.6. The number of halogens is 2. The Balaban J connectivity index is 1.95. The summed E-state index contributed by atoms with van der Waals surface area (Å²) in [6, 6.07) is 7.87. The van der Waals surface area contributed by atoms with Crippen LogP contribution in [0.5, 0.6) is 5.75 Å². The first-order valence-corrected chi connectivity index (χ1v) is 8.55. The van der Waals surface area contributed by atoms with Crippen LogP contribution in [0.25, 0.3) is 0 Å². The van der Waals surface area contributed by atoms with Crippen molar-refractivity contribution in [1.29, 1.82) is 0 Å². The summed E-state index contributed by atoms with van der Waals surface area (Å²) in [5.41, 5.74) is 1.16. The molecule has 0 fully saturated rings. The van der Waals surface area contributed by atoms with Gasteiger partial charge in [0.15, 0.2) is 0 Å². The molecule has 0 unspecified atom stereocenters. The van der Waals surface area contributed by atoms with E-state index in [4.69, 9.17) is 9.15 Å². The van der Waals surface area contributed by atoms with Crippen molar-refractivity contribution in [3.05, 3.63) is 50.3 Å². The van der Waals surface area contributed by atoms with Crippen LogP contribution in [0.4, 0.5) is 0 Å². The molecule has 5 heteroatoms. The SMILES string of the molecule is CCCNCc1oc(COc2ccc(Br)cc2Br)cc1C. The second-order valence-electron chi connectivity index (χ2n) is 4.86. The topological polar surface area (TPSA) is 34.4 Å². The molecule has 2 rings (SSSR count). The van der Waals surface area contributed by atoms with Crippen molar-refractivity contribution in [3.63, 3.8) is 0 Å². The lowest BCUT2D eigenvalue weighted by Gasteiger charge is -2.07. The van der Waals surface area contributed by atoms with E-state index in [2.05, 4.69) is 51.0 Å². The molecule has 0 aliphatic heterocycles. The Morgan fingerprint density at radius 3 is 2.76 bits per heavy atom. The van der Waals surface area contributed by atoms with Crippen LogP contribution in [0.15, 0.2) is 37.6 Å². The van der Waals surface area contributed by atoms with Gasteiger partial charge in [0.2, 0.25) is 0 Å². The molecule has 0 amide bonds. The molecule has 0 radical (unpaired) electrons. The smallest absolute Gasteiger partial charge is 0.146 e. The molecule has 1 aromatic heterocycles. The second kappa shape index (κ2) is 8.01. The van der Waals surface area contributed by atoms with Crippen LogP contribution < -0.4 is 10.1 Å². The Hall–Kier alpha value is -0.780. The highest BCUT2D eigenvalue weighted by molar-refractivity contribution is 9.11. The molecule has 0 aliphatic rings. The van der Waals surface area contributed by atoms with Crippen molar-refractivity contribution < 1.29 is 9.15 Å². The van der Waals surface area contributed by atoms with E-state index in [0.717, 1.165) is 51.3 Å². The number of nitrogens with one attached hydrogen (secondary N) is 1. The van der Waals surface area contributed by atoms with Gasteiger partial charge < -0.3 is 14.5 Å². The Morgan fingerprint density at radius 2 is 2.05 bits per heavy atom. The van der Waals surface area contributed by atoms with Gasteiger partial charge in [-0.15, -0.1) is 0 Å². The summed E-state index contributed by atoms with van der Waals surface area (Å²) in [5, 5.41) is 3.35. The van der Waals surface area contributed by atoms with Gasteiger partial charge >= 0.3 is 0 Å². The molecular formula is C16H19Br2NO2. The zero-order valence-corrected chi connectivity index (χ0v) is 15.4. The van der Waals surface area contributed by atoms with Gasteiger partial charge in [-0.1, -0.05) is 22.9 Å². The molecule has 1 heterocycles. The van der Waals surface area contributed by atoms with Gasteiger partial charge in [-0.2, -0.15) is 0 Å². The number of aryl methyl sites for hydroxylation is 1. The molecule has 0 spiro atoms. The van der Waals surface area contributed by atoms with Gasteiger partial charge in [0, 0.05) is 4.47 Å². The van der Waals surface area contributed by atoms with E-state index < -0.39 is 0 Å². The predicted molar refractivity (Wildman–Crippen MR) is 91.6 cm³/mol. The molecule has 0 saturated heterocycles. The molecule has 3 nitrogen and oxygen atoms in total. The maximum absolute atomic E-state index is 5.83. The van der Waals surface area contributed by atoms with Gasteiger partial charge in [-0.05, 0) is 65.6 Å². The number of benzene rings is 1. The third-order valence-electron chi connectivity index (χ3n) is 3.05. The normalized spacial score (nSPS) is 10.9. The largest absolute Gasteiger partial charge is 0.484 e. The maximum Gasteiger partial charge on any atom is 0.146 e. The summed E-state index contributed by atoms with van der Waals surface area (Å²) in [4.78, 5) is 0. The van der Waals surface area contributed by atoms with Crippen molar-refractivity contribution in [1.82, 2.24) is 5.32 Å². The number of furan rings is 1. The first-order valence-electron chi connectivity index (χ1n) is 6.97. The van der Waals surface area contributed by atoms with E-state index >= 15 is 0 Å². The predicted octanol–water partition coefficient (Wildman–Crippen LogP) is 5.19. The van der Waals surface area contributed by atoms with Gasteiger partial charge in [0.05, 0.1) is 11.0 Å². The molecule has 21 heavy (non-hydrogen) atoms. The molecule has 1 N–H and O–H groups in total. The van der Waals surface area contributed by atoms with Crippen LogP contribution in [0.2, 0.25) is 0 Å². The second-order valence-corrected chi connectivity index (χ2v) is 6.63. The summed E-state index contributed by atoms with van der Waals surface area (Å²) in [6.45, 7) is 6.40. The van der Waals surface area contributed by atoms with Crippen molar-refractivity contribution in [2.45, 2.75) is 33.4 Å². The number of ether oxygens (including phenoxy) is 1. The lowest BCUT2D eigenvalue weighted by atomic mass is 10.2. The minimum Gasteiger partial charge on any atom is -0.484 e. The third-order valence-corrected chi connectivity index (χ3v) is 4.16. The zero-order valence-electron chi connectivity index (χ0n) is 12.2. The standard InChI is InChI=1S/C16H19Br2NO2/c1-3-6-19-9-16-11(2)7-13(21-16)10-20-15-5-4-12(17)8-14(15)18/h4-5,7-8,19H,3,6,9-10H2,1-2H3. The average Bonchev–Trinajstić information content (AvgIpc) is 2.79. The van der Waals surface area contributed by atoms with E-state index in [1.165, 1.54) is 0 Å². The van der Waals surface area contributed by atoms with Crippen LogP contribution >= 0.6 is 31.9 Å². The molecule has 0 aliphatic carbocycles. The highest BCUT2D eigenvalue weighted by atomic mass is 79.9. The first-order chi connectivity index (χ1) is 10.1. The van der Waals surface area contributed by atoms with Crippen LogP contribution in [0.3, 0.4) is 0 Å². The summed E-state index contributed by atoms with van der Waals surface area (Å²) >= 11 is 6.91. The molecular weight excluding hydrogens is 398 g/mol. The van der Waals surface area contributed by atoms with E-state index in [0.29, 0.717) is 6.61 Å². The van der Waals surface area contributed by atoms with Crippen molar-refractivity contribution >= 4 is 31.9 Å². The summed E-state index contributed by atoms with van der Waals surface area (Å²) in [5.74, 6) is 2.63. The minimum absolute atomic E-state index is 0.425. The van der Waals surface area contributed by atoms with Gasteiger partial charge in [0.25, 0.3) is 0 Å². The maximum atomic E-state index is 5.83. The average molecular weight is 417 g/mol. The highest BCUT2D eigenvalue weighted by Gasteiger charge is 2.09. The highest BCUT2D eigenvalue weighted by Crippen LogP contribution is 2.29. The van der Waals surface area contributed by atoms with Crippen LogP contribution in [0.1, 0.15) is 30.4 Å². The Bertz CT molecular complexity index is 596. The minimum atomic E-state index is 0.425. The van der Waals surface area contributed by atoms with Crippen molar-refractivity contribution in [2.75, 3.05) is 6.54 Å². The number of hydrogen-bond acceptors (Lipinski definition) is 3. The number of hydrogen-bond donors (Lipinski definition) is 1. The Kier molecular flexibility index (Phi) is 6.33. The fraction of sp³-hybridized carbons (Fsp3) is 0.375.